The molecule has 2 aromatic rings. The summed E-state index contributed by atoms with van der Waals surface area (Å²) in [6.45, 7) is 5.68. The highest BCUT2D eigenvalue weighted by Crippen LogP contribution is 2.32. The van der Waals surface area contributed by atoms with Crippen molar-refractivity contribution in [3.05, 3.63) is 35.0 Å². The van der Waals surface area contributed by atoms with E-state index in [-0.39, 0.29) is 0 Å². The standard InChI is InChI=1S/C17H16N4O/c1-11-5-12(2)16-15(6-11)17(13(7-18)9-20-16)21-3-4-22-14(8-19)10-21/h5-6,9,14H,3-4,10H2,1-2H3. The number of pyridine rings is 1. The van der Waals surface area contributed by atoms with E-state index in [0.29, 0.717) is 25.3 Å². The third kappa shape index (κ3) is 2.36. The fraction of sp³-hybridized carbons (Fsp3) is 0.353. The van der Waals surface area contributed by atoms with E-state index in [1.807, 2.05) is 13.8 Å². The maximum atomic E-state index is 9.46. The molecule has 1 fully saturated rings. The van der Waals surface area contributed by atoms with Crippen LogP contribution in [0.2, 0.25) is 0 Å². The van der Waals surface area contributed by atoms with E-state index in [1.165, 1.54) is 0 Å². The largest absolute Gasteiger partial charge is 0.364 e. The molecular formula is C17H16N4O. The minimum absolute atomic E-state index is 0.464. The summed E-state index contributed by atoms with van der Waals surface area (Å²) in [5, 5.41) is 19.5. The molecule has 5 heteroatoms. The summed E-state index contributed by atoms with van der Waals surface area (Å²) in [5.41, 5.74) is 4.53. The second kappa shape index (κ2) is 5.63. The van der Waals surface area contributed by atoms with Gasteiger partial charge in [-0.2, -0.15) is 10.5 Å². The Hall–Kier alpha value is -2.63. The lowest BCUT2D eigenvalue weighted by Gasteiger charge is -2.33. The van der Waals surface area contributed by atoms with Crippen molar-refractivity contribution in [2.45, 2.75) is 20.0 Å². The molecule has 2 heterocycles. The van der Waals surface area contributed by atoms with Gasteiger partial charge in [0, 0.05) is 18.1 Å². The van der Waals surface area contributed by atoms with Gasteiger partial charge in [0.1, 0.15) is 6.07 Å². The van der Waals surface area contributed by atoms with Crippen LogP contribution in [0.5, 0.6) is 0 Å². The first-order valence-electron chi connectivity index (χ1n) is 7.20. The van der Waals surface area contributed by atoms with E-state index in [0.717, 1.165) is 27.7 Å². The molecule has 0 amide bonds. The van der Waals surface area contributed by atoms with Gasteiger partial charge in [0.15, 0.2) is 6.10 Å². The maximum absolute atomic E-state index is 9.46. The molecule has 0 N–H and O–H groups in total. The normalized spacial score (nSPS) is 18.0. The number of anilines is 1. The van der Waals surface area contributed by atoms with Crippen LogP contribution in [0, 0.1) is 36.5 Å². The van der Waals surface area contributed by atoms with Crippen molar-refractivity contribution in [1.29, 1.82) is 10.5 Å². The maximum Gasteiger partial charge on any atom is 0.161 e. The van der Waals surface area contributed by atoms with Crippen molar-refractivity contribution in [2.24, 2.45) is 0 Å². The second-order valence-electron chi connectivity index (χ2n) is 5.54. The Morgan fingerprint density at radius 1 is 1.32 bits per heavy atom. The van der Waals surface area contributed by atoms with Crippen molar-refractivity contribution in [1.82, 2.24) is 4.98 Å². The molecule has 0 radical (unpaired) electrons. The number of rotatable bonds is 1. The molecule has 0 bridgehead atoms. The predicted octanol–water partition coefficient (Wildman–Crippen LogP) is 2.45. The number of nitriles is 2. The lowest BCUT2D eigenvalue weighted by atomic mass is 10.0. The SMILES string of the molecule is Cc1cc(C)c2ncc(C#N)c(N3CCOC(C#N)C3)c2c1. The molecule has 0 spiro atoms. The number of ether oxygens (including phenoxy) is 1. The van der Waals surface area contributed by atoms with E-state index in [1.54, 1.807) is 6.20 Å². The first-order chi connectivity index (χ1) is 10.6. The van der Waals surface area contributed by atoms with Crippen LogP contribution in [-0.2, 0) is 4.74 Å². The summed E-state index contributed by atoms with van der Waals surface area (Å²) in [6, 6.07) is 8.52. The molecule has 22 heavy (non-hydrogen) atoms. The number of fused-ring (bicyclic) bond motifs is 1. The highest BCUT2D eigenvalue weighted by atomic mass is 16.5. The third-order valence-electron chi connectivity index (χ3n) is 3.92. The summed E-state index contributed by atoms with van der Waals surface area (Å²) >= 11 is 0. The van der Waals surface area contributed by atoms with Gasteiger partial charge in [0.25, 0.3) is 0 Å². The average Bonchev–Trinajstić information content (AvgIpc) is 2.53. The van der Waals surface area contributed by atoms with Crippen LogP contribution in [0.1, 0.15) is 16.7 Å². The van der Waals surface area contributed by atoms with Crippen molar-refractivity contribution in [3.8, 4) is 12.1 Å². The Morgan fingerprint density at radius 3 is 2.86 bits per heavy atom. The monoisotopic (exact) mass is 292 g/mol. The van der Waals surface area contributed by atoms with Gasteiger partial charge in [0.05, 0.1) is 36.0 Å². The van der Waals surface area contributed by atoms with Crippen LogP contribution in [-0.4, -0.2) is 30.8 Å². The van der Waals surface area contributed by atoms with E-state index in [9.17, 15) is 5.26 Å². The molecule has 3 rings (SSSR count). The molecule has 0 saturated carbocycles. The Bertz CT molecular complexity index is 816. The van der Waals surface area contributed by atoms with E-state index >= 15 is 0 Å². The molecule has 1 aliphatic rings. The molecule has 1 atom stereocenters. The quantitative estimate of drug-likeness (QED) is 0.807. The Labute approximate surface area is 129 Å². The zero-order valence-electron chi connectivity index (χ0n) is 12.6. The van der Waals surface area contributed by atoms with Gasteiger partial charge in [0.2, 0.25) is 0 Å². The zero-order chi connectivity index (χ0) is 15.7. The third-order valence-corrected chi connectivity index (χ3v) is 3.92. The first-order valence-corrected chi connectivity index (χ1v) is 7.20. The van der Waals surface area contributed by atoms with Crippen molar-refractivity contribution < 1.29 is 4.74 Å². The number of morpholine rings is 1. The van der Waals surface area contributed by atoms with Crippen LogP contribution >= 0.6 is 0 Å². The van der Waals surface area contributed by atoms with Crippen LogP contribution in [0.4, 0.5) is 5.69 Å². The predicted molar refractivity (Wildman–Crippen MR) is 83.5 cm³/mol. The van der Waals surface area contributed by atoms with Gasteiger partial charge in [-0.1, -0.05) is 11.6 Å². The van der Waals surface area contributed by atoms with Crippen LogP contribution < -0.4 is 4.90 Å². The van der Waals surface area contributed by atoms with Gasteiger partial charge in [-0.3, -0.25) is 4.98 Å². The molecule has 1 saturated heterocycles. The van der Waals surface area contributed by atoms with E-state index < -0.39 is 6.10 Å². The molecule has 1 aliphatic heterocycles. The topological polar surface area (TPSA) is 72.9 Å². The van der Waals surface area contributed by atoms with E-state index in [4.69, 9.17) is 10.00 Å². The number of benzene rings is 1. The Balaban J connectivity index is 2.22. The molecule has 1 aromatic carbocycles. The second-order valence-corrected chi connectivity index (χ2v) is 5.54. The zero-order valence-corrected chi connectivity index (χ0v) is 12.6. The summed E-state index contributed by atoms with van der Waals surface area (Å²) < 4.78 is 5.41. The van der Waals surface area contributed by atoms with Crippen molar-refractivity contribution in [2.75, 3.05) is 24.6 Å². The number of aromatic nitrogens is 1. The van der Waals surface area contributed by atoms with Crippen LogP contribution in [0.3, 0.4) is 0 Å². The molecule has 1 unspecified atom stereocenters. The Morgan fingerprint density at radius 2 is 2.14 bits per heavy atom. The molecule has 110 valence electrons. The number of hydrogen-bond donors (Lipinski definition) is 0. The molecular weight excluding hydrogens is 276 g/mol. The van der Waals surface area contributed by atoms with Gasteiger partial charge in [-0.05, 0) is 25.5 Å². The average molecular weight is 292 g/mol. The minimum atomic E-state index is -0.464. The van der Waals surface area contributed by atoms with Gasteiger partial charge < -0.3 is 9.64 Å². The number of hydrogen-bond acceptors (Lipinski definition) is 5. The molecule has 5 nitrogen and oxygen atoms in total. The summed E-state index contributed by atoms with van der Waals surface area (Å²) in [5.74, 6) is 0. The number of nitrogens with zero attached hydrogens (tertiary/aromatic N) is 4. The summed E-state index contributed by atoms with van der Waals surface area (Å²) in [6.07, 6.45) is 1.16. The van der Waals surface area contributed by atoms with Crippen molar-refractivity contribution in [3.63, 3.8) is 0 Å². The molecule has 0 aliphatic carbocycles. The van der Waals surface area contributed by atoms with Gasteiger partial charge >= 0.3 is 0 Å². The van der Waals surface area contributed by atoms with Crippen molar-refractivity contribution >= 4 is 16.6 Å². The van der Waals surface area contributed by atoms with Gasteiger partial charge in [-0.15, -0.1) is 0 Å². The lowest BCUT2D eigenvalue weighted by Crippen LogP contribution is -2.42. The first kappa shape index (κ1) is 14.3. The highest BCUT2D eigenvalue weighted by Gasteiger charge is 2.24. The van der Waals surface area contributed by atoms with E-state index in [2.05, 4.69) is 34.2 Å². The minimum Gasteiger partial charge on any atom is -0.364 e. The number of aryl methyl sites for hydroxylation is 2. The van der Waals surface area contributed by atoms with Crippen LogP contribution in [0.15, 0.2) is 18.3 Å². The lowest BCUT2D eigenvalue weighted by molar-refractivity contribution is 0.0765. The highest BCUT2D eigenvalue weighted by molar-refractivity contribution is 5.96. The Kier molecular flexibility index (Phi) is 3.66. The molecule has 1 aromatic heterocycles. The summed E-state index contributed by atoms with van der Waals surface area (Å²) in [4.78, 5) is 6.51. The van der Waals surface area contributed by atoms with Crippen LogP contribution in [0.25, 0.3) is 10.9 Å². The fourth-order valence-electron chi connectivity index (χ4n) is 3.00. The smallest absolute Gasteiger partial charge is 0.161 e. The van der Waals surface area contributed by atoms with Gasteiger partial charge in [-0.25, -0.2) is 0 Å². The fourth-order valence-corrected chi connectivity index (χ4v) is 3.00. The summed E-state index contributed by atoms with van der Waals surface area (Å²) in [7, 11) is 0.